The monoisotopic (exact) mass is 220 g/mol. The van der Waals surface area contributed by atoms with Crippen molar-refractivity contribution in [3.63, 3.8) is 0 Å². The number of aliphatic hydroxyl groups is 1. The maximum absolute atomic E-state index is 10.2. The summed E-state index contributed by atoms with van der Waals surface area (Å²) in [6.45, 7) is 2.21. The van der Waals surface area contributed by atoms with E-state index in [9.17, 15) is 5.11 Å². The second-order valence-corrected chi connectivity index (χ2v) is 5.33. The summed E-state index contributed by atoms with van der Waals surface area (Å²) in [5.74, 6) is 3.12. The van der Waals surface area contributed by atoms with E-state index in [2.05, 4.69) is 30.4 Å². The summed E-state index contributed by atoms with van der Waals surface area (Å²) in [5.41, 5.74) is -0.0550. The molecule has 1 N–H and O–H groups in total. The second-order valence-electron chi connectivity index (χ2n) is 4.38. The number of aliphatic hydroxyl groups excluding tert-OH is 1. The van der Waals surface area contributed by atoms with Gasteiger partial charge in [0.25, 0.3) is 0 Å². The zero-order valence-electron chi connectivity index (χ0n) is 8.94. The van der Waals surface area contributed by atoms with Crippen molar-refractivity contribution in [1.29, 1.82) is 0 Å². The highest BCUT2D eigenvalue weighted by atomic mass is 32.1. The molecular formula is C13H16OS. The predicted octanol–water partition coefficient (Wildman–Crippen LogP) is 2.80. The summed E-state index contributed by atoms with van der Waals surface area (Å²) in [6.07, 6.45) is 7.63. The Balaban J connectivity index is 2.30. The van der Waals surface area contributed by atoms with Crippen molar-refractivity contribution in [3.8, 4) is 12.3 Å². The molecule has 1 aliphatic rings. The summed E-state index contributed by atoms with van der Waals surface area (Å²) >= 11 is 1.74. The van der Waals surface area contributed by atoms with Gasteiger partial charge >= 0.3 is 0 Å². The molecule has 3 unspecified atom stereocenters. The smallest absolute Gasteiger partial charge is 0.0756 e. The van der Waals surface area contributed by atoms with Crippen LogP contribution in [0.2, 0.25) is 0 Å². The van der Waals surface area contributed by atoms with Crippen LogP contribution < -0.4 is 0 Å². The van der Waals surface area contributed by atoms with Crippen molar-refractivity contribution in [2.45, 2.75) is 37.7 Å². The largest absolute Gasteiger partial charge is 0.391 e. The minimum atomic E-state index is -0.384. The molecule has 15 heavy (non-hydrogen) atoms. The van der Waals surface area contributed by atoms with E-state index < -0.39 is 0 Å². The molecule has 0 spiro atoms. The Morgan fingerprint density at radius 2 is 2.60 bits per heavy atom. The van der Waals surface area contributed by atoms with Gasteiger partial charge in [0.2, 0.25) is 0 Å². The molecule has 80 valence electrons. The van der Waals surface area contributed by atoms with E-state index in [0.717, 1.165) is 6.42 Å². The van der Waals surface area contributed by atoms with E-state index in [1.54, 1.807) is 11.3 Å². The molecule has 0 radical (unpaired) electrons. The highest BCUT2D eigenvalue weighted by Gasteiger charge is 2.50. The molecule has 0 amide bonds. The van der Waals surface area contributed by atoms with Crippen molar-refractivity contribution in [2.24, 2.45) is 5.92 Å². The van der Waals surface area contributed by atoms with Crippen molar-refractivity contribution in [3.05, 3.63) is 22.4 Å². The van der Waals surface area contributed by atoms with Crippen LogP contribution in [0.5, 0.6) is 0 Å². The van der Waals surface area contributed by atoms with Gasteiger partial charge in [-0.2, -0.15) is 0 Å². The Morgan fingerprint density at radius 3 is 3.00 bits per heavy atom. The van der Waals surface area contributed by atoms with Crippen LogP contribution in [0, 0.1) is 18.3 Å². The number of thiophene rings is 1. The Kier molecular flexibility index (Phi) is 2.86. The highest BCUT2D eigenvalue weighted by molar-refractivity contribution is 7.10. The topological polar surface area (TPSA) is 20.2 Å². The molecule has 1 aliphatic carbocycles. The van der Waals surface area contributed by atoms with E-state index in [1.807, 2.05) is 0 Å². The van der Waals surface area contributed by atoms with Gasteiger partial charge in [-0.3, -0.25) is 0 Å². The standard InChI is InChI=1S/C13H16OS/c1-3-5-11(14)13(8-7-10(13)2)12-6-4-9-15-12/h1,4,6,9-11,14H,5,7-8H2,2H3. The van der Waals surface area contributed by atoms with Crippen LogP contribution in [-0.4, -0.2) is 11.2 Å². The predicted molar refractivity (Wildman–Crippen MR) is 63.9 cm³/mol. The molecule has 1 aromatic heterocycles. The van der Waals surface area contributed by atoms with Crippen molar-refractivity contribution in [2.75, 3.05) is 0 Å². The maximum Gasteiger partial charge on any atom is 0.0756 e. The molecule has 0 aliphatic heterocycles. The van der Waals surface area contributed by atoms with Crippen LogP contribution in [0.4, 0.5) is 0 Å². The Bertz CT molecular complexity index is 362. The molecule has 0 saturated heterocycles. The number of hydrogen-bond donors (Lipinski definition) is 1. The molecule has 1 fully saturated rings. The van der Waals surface area contributed by atoms with E-state index >= 15 is 0 Å². The van der Waals surface area contributed by atoms with Gasteiger partial charge in [-0.05, 0) is 30.2 Å². The van der Waals surface area contributed by atoms with Crippen molar-refractivity contribution >= 4 is 11.3 Å². The first-order valence-corrected chi connectivity index (χ1v) is 6.25. The molecule has 0 aromatic carbocycles. The third-order valence-electron chi connectivity index (χ3n) is 3.76. The highest BCUT2D eigenvalue weighted by Crippen LogP contribution is 2.53. The van der Waals surface area contributed by atoms with Gasteiger partial charge in [0, 0.05) is 16.7 Å². The summed E-state index contributed by atoms with van der Waals surface area (Å²) in [7, 11) is 0. The summed E-state index contributed by atoms with van der Waals surface area (Å²) < 4.78 is 0. The van der Waals surface area contributed by atoms with Crippen LogP contribution in [0.3, 0.4) is 0 Å². The van der Waals surface area contributed by atoms with Gasteiger partial charge in [-0.15, -0.1) is 23.7 Å². The lowest BCUT2D eigenvalue weighted by atomic mass is 9.56. The summed E-state index contributed by atoms with van der Waals surface area (Å²) in [4.78, 5) is 1.30. The lowest BCUT2D eigenvalue weighted by molar-refractivity contribution is -0.0104. The van der Waals surface area contributed by atoms with Crippen LogP contribution in [0.25, 0.3) is 0 Å². The third-order valence-corrected chi connectivity index (χ3v) is 4.82. The van der Waals surface area contributed by atoms with E-state index in [0.29, 0.717) is 12.3 Å². The lowest BCUT2D eigenvalue weighted by Crippen LogP contribution is -2.51. The van der Waals surface area contributed by atoms with Crippen molar-refractivity contribution in [1.82, 2.24) is 0 Å². The number of hydrogen-bond acceptors (Lipinski definition) is 2. The molecular weight excluding hydrogens is 204 g/mol. The maximum atomic E-state index is 10.2. The molecule has 2 rings (SSSR count). The van der Waals surface area contributed by atoms with Gasteiger partial charge in [-0.1, -0.05) is 13.0 Å². The zero-order chi connectivity index (χ0) is 10.9. The van der Waals surface area contributed by atoms with Gasteiger partial charge in [0.1, 0.15) is 0 Å². The van der Waals surface area contributed by atoms with E-state index in [1.165, 1.54) is 11.3 Å². The minimum Gasteiger partial charge on any atom is -0.391 e. The van der Waals surface area contributed by atoms with E-state index in [-0.39, 0.29) is 11.5 Å². The Morgan fingerprint density at radius 1 is 1.80 bits per heavy atom. The Hall–Kier alpha value is -0.780. The minimum absolute atomic E-state index is 0.0550. The normalized spacial score (nSPS) is 31.7. The SMILES string of the molecule is C#CCC(O)C1(c2cccs2)CCC1C. The van der Waals surface area contributed by atoms with Gasteiger partial charge in [0.05, 0.1) is 6.10 Å². The fourth-order valence-electron chi connectivity index (χ4n) is 2.61. The molecule has 3 atom stereocenters. The molecule has 0 bridgehead atoms. The molecule has 2 heteroatoms. The van der Waals surface area contributed by atoms with Crippen LogP contribution in [0.15, 0.2) is 17.5 Å². The third kappa shape index (κ3) is 1.51. The first kappa shape index (κ1) is 10.7. The van der Waals surface area contributed by atoms with Crippen LogP contribution in [0.1, 0.15) is 31.1 Å². The average molecular weight is 220 g/mol. The molecule has 1 aromatic rings. The number of rotatable bonds is 3. The first-order chi connectivity index (χ1) is 7.21. The quantitative estimate of drug-likeness (QED) is 0.777. The fourth-order valence-corrected chi connectivity index (χ4v) is 3.73. The molecule has 1 nitrogen and oxygen atoms in total. The van der Waals surface area contributed by atoms with Gasteiger partial charge in [-0.25, -0.2) is 0 Å². The molecule has 1 heterocycles. The summed E-state index contributed by atoms with van der Waals surface area (Å²) in [5, 5.41) is 12.3. The number of terminal acetylenes is 1. The molecule has 1 saturated carbocycles. The second kappa shape index (κ2) is 4.00. The van der Waals surface area contributed by atoms with Gasteiger partial charge in [0.15, 0.2) is 0 Å². The lowest BCUT2D eigenvalue weighted by Gasteiger charge is -2.50. The first-order valence-electron chi connectivity index (χ1n) is 5.37. The Labute approximate surface area is 95.1 Å². The zero-order valence-corrected chi connectivity index (χ0v) is 9.76. The average Bonchev–Trinajstić information content (AvgIpc) is 2.70. The van der Waals surface area contributed by atoms with Crippen LogP contribution in [-0.2, 0) is 5.41 Å². The van der Waals surface area contributed by atoms with Crippen LogP contribution >= 0.6 is 11.3 Å². The van der Waals surface area contributed by atoms with Gasteiger partial charge < -0.3 is 5.11 Å². The fraction of sp³-hybridized carbons (Fsp3) is 0.538. The van der Waals surface area contributed by atoms with Crippen molar-refractivity contribution < 1.29 is 5.11 Å². The van der Waals surface area contributed by atoms with E-state index in [4.69, 9.17) is 6.42 Å². The summed E-state index contributed by atoms with van der Waals surface area (Å²) in [6, 6.07) is 4.18.